The number of carbonyl (C=O) groups is 1. The molecule has 1 aromatic heterocycles. The summed E-state index contributed by atoms with van der Waals surface area (Å²) in [4.78, 5) is 12.5. The lowest BCUT2D eigenvalue weighted by Crippen LogP contribution is -2.30. The monoisotopic (exact) mass is 329 g/mol. The molecule has 0 bridgehead atoms. The number of para-hydroxylation sites is 1. The summed E-state index contributed by atoms with van der Waals surface area (Å²) in [5.74, 6) is 0.748. The van der Waals surface area contributed by atoms with E-state index >= 15 is 0 Å². The van der Waals surface area contributed by atoms with Crippen LogP contribution in [0.5, 0.6) is 5.75 Å². The number of tetrazole rings is 1. The highest BCUT2D eigenvalue weighted by atomic mass is 16.5. The minimum Gasteiger partial charge on any atom is -0.494 e. The van der Waals surface area contributed by atoms with Crippen molar-refractivity contribution in [3.05, 3.63) is 41.1 Å². The number of ether oxygens (including phenoxy) is 2. The number of benzene rings is 1. The van der Waals surface area contributed by atoms with Gasteiger partial charge in [-0.05, 0) is 29.8 Å². The van der Waals surface area contributed by atoms with Crippen LogP contribution in [0.4, 0.5) is 5.95 Å². The van der Waals surface area contributed by atoms with Crippen molar-refractivity contribution in [3.63, 3.8) is 0 Å². The van der Waals surface area contributed by atoms with Gasteiger partial charge in [0.15, 0.2) is 0 Å². The largest absolute Gasteiger partial charge is 0.494 e. The number of hydrogen-bond donors (Lipinski definition) is 1. The highest BCUT2D eigenvalue weighted by Crippen LogP contribution is 2.39. The Bertz CT molecular complexity index is 784. The lowest BCUT2D eigenvalue weighted by Gasteiger charge is -2.29. The van der Waals surface area contributed by atoms with Crippen LogP contribution >= 0.6 is 0 Å². The molecule has 0 saturated heterocycles. The van der Waals surface area contributed by atoms with Crippen LogP contribution < -0.4 is 10.1 Å². The van der Waals surface area contributed by atoms with Gasteiger partial charge >= 0.3 is 5.97 Å². The molecular formula is C16H19N5O3. The van der Waals surface area contributed by atoms with Crippen LogP contribution in [0.3, 0.4) is 0 Å². The summed E-state index contributed by atoms with van der Waals surface area (Å²) in [6, 6.07) is 7.04. The number of carbonyl (C=O) groups excluding carboxylic acids is 1. The molecule has 0 saturated carbocycles. The van der Waals surface area contributed by atoms with Gasteiger partial charge in [0, 0.05) is 11.3 Å². The standard InChI is InChI=1S/C16H19N5O3/c1-4-11-13(15(22)23-3)14(21-16(17-11)18-19-20-21)10-8-6-7-9-12(10)24-5-2/h6-9,14H,4-5H2,1-3H3,(H,17,18,20). The van der Waals surface area contributed by atoms with Crippen molar-refractivity contribution in [2.45, 2.75) is 26.3 Å². The summed E-state index contributed by atoms with van der Waals surface area (Å²) in [5, 5.41) is 14.9. The summed E-state index contributed by atoms with van der Waals surface area (Å²) in [6.07, 6.45) is 0.616. The molecule has 8 heteroatoms. The Morgan fingerprint density at radius 1 is 1.33 bits per heavy atom. The number of anilines is 1. The van der Waals surface area contributed by atoms with Crippen LogP contribution in [0, 0.1) is 0 Å². The van der Waals surface area contributed by atoms with Gasteiger partial charge in [-0.25, -0.2) is 4.79 Å². The SMILES string of the molecule is CCOc1ccccc1C1C(C(=O)OC)=C(CC)Nc2nnnn21. The number of esters is 1. The Labute approximate surface area is 139 Å². The molecule has 126 valence electrons. The van der Waals surface area contributed by atoms with E-state index in [-0.39, 0.29) is 0 Å². The van der Waals surface area contributed by atoms with Gasteiger partial charge in [0.2, 0.25) is 5.95 Å². The second-order valence-electron chi connectivity index (χ2n) is 5.18. The minimum atomic E-state index is -0.513. The van der Waals surface area contributed by atoms with Crippen molar-refractivity contribution in [1.82, 2.24) is 20.2 Å². The third-order valence-electron chi connectivity index (χ3n) is 3.87. The number of nitrogens with zero attached hydrogens (tertiary/aromatic N) is 4. The number of hydrogen-bond acceptors (Lipinski definition) is 7. The fourth-order valence-electron chi connectivity index (χ4n) is 2.84. The lowest BCUT2D eigenvalue weighted by molar-refractivity contribution is -0.136. The van der Waals surface area contributed by atoms with Crippen LogP contribution in [0.1, 0.15) is 31.9 Å². The Morgan fingerprint density at radius 2 is 2.12 bits per heavy atom. The maximum absolute atomic E-state index is 12.5. The van der Waals surface area contributed by atoms with Crippen molar-refractivity contribution in [2.24, 2.45) is 0 Å². The molecule has 1 aliphatic heterocycles. The fraction of sp³-hybridized carbons (Fsp3) is 0.375. The number of allylic oxidation sites excluding steroid dienone is 1. The van der Waals surface area contributed by atoms with Crippen molar-refractivity contribution >= 4 is 11.9 Å². The van der Waals surface area contributed by atoms with E-state index in [1.165, 1.54) is 7.11 Å². The number of fused-ring (bicyclic) bond motifs is 1. The topological polar surface area (TPSA) is 91.2 Å². The molecule has 2 aromatic rings. The zero-order valence-corrected chi connectivity index (χ0v) is 13.8. The first-order valence-electron chi connectivity index (χ1n) is 7.79. The second kappa shape index (κ2) is 6.69. The van der Waals surface area contributed by atoms with Gasteiger partial charge in [-0.15, -0.1) is 0 Å². The first kappa shape index (κ1) is 16.0. The molecule has 0 aliphatic carbocycles. The predicted octanol–water partition coefficient (Wildman–Crippen LogP) is 1.92. The van der Waals surface area contributed by atoms with Gasteiger partial charge in [0.25, 0.3) is 0 Å². The van der Waals surface area contributed by atoms with E-state index in [9.17, 15) is 4.79 Å². The zero-order valence-electron chi connectivity index (χ0n) is 13.8. The summed E-state index contributed by atoms with van der Waals surface area (Å²) in [5.41, 5.74) is 2.02. The Hall–Kier alpha value is -2.90. The van der Waals surface area contributed by atoms with Gasteiger partial charge in [-0.3, -0.25) is 0 Å². The molecule has 0 spiro atoms. The minimum absolute atomic E-state index is 0.420. The van der Waals surface area contributed by atoms with Gasteiger partial charge in [0.1, 0.15) is 11.8 Å². The molecule has 8 nitrogen and oxygen atoms in total. The van der Waals surface area contributed by atoms with E-state index in [4.69, 9.17) is 9.47 Å². The molecule has 1 aliphatic rings. The maximum atomic E-state index is 12.5. The van der Waals surface area contributed by atoms with E-state index < -0.39 is 12.0 Å². The Morgan fingerprint density at radius 3 is 2.83 bits per heavy atom. The maximum Gasteiger partial charge on any atom is 0.338 e. The first-order valence-corrected chi connectivity index (χ1v) is 7.79. The molecule has 0 fully saturated rings. The summed E-state index contributed by atoms with van der Waals surface area (Å²) >= 11 is 0. The molecule has 1 N–H and O–H groups in total. The van der Waals surface area contributed by atoms with Crippen molar-refractivity contribution < 1.29 is 14.3 Å². The predicted molar refractivity (Wildman–Crippen MR) is 86.5 cm³/mol. The van der Waals surface area contributed by atoms with Crippen LogP contribution in [0.25, 0.3) is 0 Å². The molecule has 2 heterocycles. The van der Waals surface area contributed by atoms with Crippen LogP contribution in [-0.2, 0) is 9.53 Å². The number of methoxy groups -OCH3 is 1. The smallest absolute Gasteiger partial charge is 0.338 e. The molecule has 3 rings (SSSR count). The number of nitrogens with one attached hydrogen (secondary N) is 1. The highest BCUT2D eigenvalue weighted by molar-refractivity contribution is 5.92. The van der Waals surface area contributed by atoms with E-state index in [0.29, 0.717) is 30.3 Å². The van der Waals surface area contributed by atoms with Crippen molar-refractivity contribution in [2.75, 3.05) is 19.0 Å². The van der Waals surface area contributed by atoms with E-state index in [1.807, 2.05) is 38.1 Å². The second-order valence-corrected chi connectivity index (χ2v) is 5.18. The van der Waals surface area contributed by atoms with Crippen LogP contribution in [0.2, 0.25) is 0 Å². The van der Waals surface area contributed by atoms with Gasteiger partial charge in [0.05, 0.1) is 19.3 Å². The molecular weight excluding hydrogens is 310 g/mol. The fourth-order valence-corrected chi connectivity index (χ4v) is 2.84. The molecule has 1 atom stereocenters. The summed E-state index contributed by atoms with van der Waals surface area (Å²) in [6.45, 7) is 4.38. The van der Waals surface area contributed by atoms with Crippen LogP contribution in [-0.4, -0.2) is 39.9 Å². The Kier molecular flexibility index (Phi) is 4.45. The normalized spacial score (nSPS) is 16.4. The van der Waals surface area contributed by atoms with Crippen molar-refractivity contribution in [1.29, 1.82) is 0 Å². The van der Waals surface area contributed by atoms with E-state index in [0.717, 1.165) is 11.3 Å². The quantitative estimate of drug-likeness (QED) is 0.838. The average Bonchev–Trinajstić information content (AvgIpc) is 3.08. The average molecular weight is 329 g/mol. The first-order chi connectivity index (χ1) is 11.7. The number of rotatable bonds is 5. The van der Waals surface area contributed by atoms with Gasteiger partial charge in [-0.2, -0.15) is 4.68 Å². The molecule has 0 radical (unpaired) electrons. The lowest BCUT2D eigenvalue weighted by atomic mass is 9.94. The van der Waals surface area contributed by atoms with Gasteiger partial charge in [-0.1, -0.05) is 30.2 Å². The molecule has 0 amide bonds. The zero-order chi connectivity index (χ0) is 17.1. The van der Waals surface area contributed by atoms with E-state index in [1.54, 1.807) is 4.68 Å². The van der Waals surface area contributed by atoms with E-state index in [2.05, 4.69) is 20.8 Å². The third-order valence-corrected chi connectivity index (χ3v) is 3.87. The molecule has 1 unspecified atom stereocenters. The Balaban J connectivity index is 2.22. The summed E-state index contributed by atoms with van der Waals surface area (Å²) < 4.78 is 12.3. The van der Waals surface area contributed by atoms with Crippen molar-refractivity contribution in [3.8, 4) is 5.75 Å². The highest BCUT2D eigenvalue weighted by Gasteiger charge is 2.36. The summed E-state index contributed by atoms with van der Waals surface area (Å²) in [7, 11) is 1.36. The van der Waals surface area contributed by atoms with Crippen LogP contribution in [0.15, 0.2) is 35.5 Å². The molecule has 24 heavy (non-hydrogen) atoms. The third kappa shape index (κ3) is 2.60. The van der Waals surface area contributed by atoms with Gasteiger partial charge < -0.3 is 14.8 Å². The molecule has 1 aromatic carbocycles. The number of aromatic nitrogens is 4.